The summed E-state index contributed by atoms with van der Waals surface area (Å²) in [6, 6.07) is 0.834. The average Bonchev–Trinajstić information content (AvgIpc) is 2.49. The Bertz CT molecular complexity index is 235. The van der Waals surface area contributed by atoms with E-state index in [0.717, 1.165) is 12.0 Å². The molecule has 3 heteroatoms. The Kier molecular flexibility index (Phi) is 10.3. The van der Waals surface area contributed by atoms with E-state index in [1.54, 1.807) is 0 Å². The van der Waals surface area contributed by atoms with E-state index < -0.39 is 0 Å². The van der Waals surface area contributed by atoms with Crippen molar-refractivity contribution < 1.29 is 0 Å². The molecular formula is C18H39N3. The summed E-state index contributed by atoms with van der Waals surface area (Å²) in [4.78, 5) is 5.19. The Morgan fingerprint density at radius 3 is 2.38 bits per heavy atom. The number of hydrogen-bond donors (Lipinski definition) is 1. The SMILES string of the molecule is CCN1CCC(N(C)CCCCCCNCC(C)C)CC1. The van der Waals surface area contributed by atoms with E-state index >= 15 is 0 Å². The molecule has 1 aliphatic rings. The Hall–Kier alpha value is -0.120. The van der Waals surface area contributed by atoms with Gasteiger partial charge < -0.3 is 15.1 Å². The van der Waals surface area contributed by atoms with Gasteiger partial charge in [0.2, 0.25) is 0 Å². The third-order valence-electron chi connectivity index (χ3n) is 4.79. The normalized spacial score (nSPS) is 18.0. The minimum atomic E-state index is 0.776. The van der Waals surface area contributed by atoms with Crippen molar-refractivity contribution in [2.24, 2.45) is 5.92 Å². The van der Waals surface area contributed by atoms with Crippen LogP contribution in [0.4, 0.5) is 0 Å². The van der Waals surface area contributed by atoms with Gasteiger partial charge in [0.1, 0.15) is 0 Å². The van der Waals surface area contributed by atoms with Gasteiger partial charge in [-0.15, -0.1) is 0 Å². The maximum atomic E-state index is 3.53. The number of rotatable bonds is 11. The van der Waals surface area contributed by atoms with E-state index in [2.05, 4.69) is 42.9 Å². The van der Waals surface area contributed by atoms with Gasteiger partial charge in [-0.25, -0.2) is 0 Å². The van der Waals surface area contributed by atoms with Crippen molar-refractivity contribution in [3.63, 3.8) is 0 Å². The molecule has 21 heavy (non-hydrogen) atoms. The van der Waals surface area contributed by atoms with E-state index in [1.165, 1.54) is 77.8 Å². The molecule has 1 rings (SSSR count). The zero-order chi connectivity index (χ0) is 15.5. The van der Waals surface area contributed by atoms with Crippen LogP contribution in [0, 0.1) is 5.92 Å². The summed E-state index contributed by atoms with van der Waals surface area (Å²) in [5.41, 5.74) is 0. The first-order valence-corrected chi connectivity index (χ1v) is 9.26. The van der Waals surface area contributed by atoms with Gasteiger partial charge in [-0.1, -0.05) is 33.6 Å². The van der Waals surface area contributed by atoms with E-state index in [9.17, 15) is 0 Å². The summed E-state index contributed by atoms with van der Waals surface area (Å²) in [7, 11) is 2.33. The van der Waals surface area contributed by atoms with E-state index in [0.29, 0.717) is 0 Å². The van der Waals surface area contributed by atoms with Gasteiger partial charge in [-0.3, -0.25) is 0 Å². The molecule has 0 spiro atoms. The van der Waals surface area contributed by atoms with Crippen molar-refractivity contribution in [1.82, 2.24) is 15.1 Å². The zero-order valence-electron chi connectivity index (χ0n) is 15.0. The summed E-state index contributed by atoms with van der Waals surface area (Å²) in [5, 5.41) is 3.53. The van der Waals surface area contributed by atoms with Crippen molar-refractivity contribution in [3.8, 4) is 0 Å². The molecule has 1 heterocycles. The van der Waals surface area contributed by atoms with Crippen LogP contribution < -0.4 is 5.32 Å². The molecule has 0 aromatic rings. The van der Waals surface area contributed by atoms with Crippen molar-refractivity contribution in [3.05, 3.63) is 0 Å². The van der Waals surface area contributed by atoms with Crippen molar-refractivity contribution in [2.75, 3.05) is 46.3 Å². The quantitative estimate of drug-likeness (QED) is 0.591. The van der Waals surface area contributed by atoms with Gasteiger partial charge in [-0.2, -0.15) is 0 Å². The Balaban J connectivity index is 1.93. The number of hydrogen-bond acceptors (Lipinski definition) is 3. The fourth-order valence-electron chi connectivity index (χ4n) is 3.21. The summed E-state index contributed by atoms with van der Waals surface area (Å²) >= 11 is 0. The lowest BCUT2D eigenvalue weighted by Crippen LogP contribution is -2.43. The molecule has 3 nitrogen and oxygen atoms in total. The highest BCUT2D eigenvalue weighted by atomic mass is 15.2. The topological polar surface area (TPSA) is 18.5 Å². The molecule has 1 N–H and O–H groups in total. The van der Waals surface area contributed by atoms with Gasteiger partial charge in [0, 0.05) is 6.04 Å². The summed E-state index contributed by atoms with van der Waals surface area (Å²) in [6.45, 7) is 14.3. The molecule has 0 aromatic carbocycles. The minimum Gasteiger partial charge on any atom is -0.316 e. The van der Waals surface area contributed by atoms with Gasteiger partial charge in [0.25, 0.3) is 0 Å². The Labute approximate surface area is 133 Å². The van der Waals surface area contributed by atoms with E-state index in [1.807, 2.05) is 0 Å². The van der Waals surface area contributed by atoms with Crippen LogP contribution in [0.3, 0.4) is 0 Å². The van der Waals surface area contributed by atoms with Crippen LogP contribution in [0.5, 0.6) is 0 Å². The van der Waals surface area contributed by atoms with Crippen molar-refractivity contribution in [2.45, 2.75) is 65.3 Å². The number of likely N-dealkylation sites (tertiary alicyclic amines) is 1. The standard InChI is InChI=1S/C18H39N3/c1-5-21-14-10-18(11-15-21)20(4)13-9-7-6-8-12-19-16-17(2)3/h17-19H,5-16H2,1-4H3. The largest absolute Gasteiger partial charge is 0.316 e. The smallest absolute Gasteiger partial charge is 0.0117 e. The van der Waals surface area contributed by atoms with E-state index in [-0.39, 0.29) is 0 Å². The highest BCUT2D eigenvalue weighted by Gasteiger charge is 2.20. The average molecular weight is 298 g/mol. The minimum absolute atomic E-state index is 0.776. The molecule has 0 saturated carbocycles. The van der Waals surface area contributed by atoms with E-state index in [4.69, 9.17) is 0 Å². The number of nitrogens with zero attached hydrogens (tertiary/aromatic N) is 2. The predicted molar refractivity (Wildman–Crippen MR) is 93.9 cm³/mol. The number of nitrogens with one attached hydrogen (secondary N) is 1. The lowest BCUT2D eigenvalue weighted by molar-refractivity contribution is 0.130. The Morgan fingerprint density at radius 2 is 1.76 bits per heavy atom. The first-order valence-electron chi connectivity index (χ1n) is 9.26. The molecule has 126 valence electrons. The second-order valence-corrected chi connectivity index (χ2v) is 7.16. The van der Waals surface area contributed by atoms with Crippen LogP contribution in [0.25, 0.3) is 0 Å². The molecule has 0 amide bonds. The maximum absolute atomic E-state index is 3.53. The van der Waals surface area contributed by atoms with Crippen LogP contribution in [0.2, 0.25) is 0 Å². The third-order valence-corrected chi connectivity index (χ3v) is 4.79. The molecule has 0 unspecified atom stereocenters. The number of unbranched alkanes of at least 4 members (excludes halogenated alkanes) is 3. The molecule has 0 atom stereocenters. The summed E-state index contributed by atoms with van der Waals surface area (Å²) < 4.78 is 0. The van der Waals surface area contributed by atoms with Gasteiger partial charge in [0.05, 0.1) is 0 Å². The highest BCUT2D eigenvalue weighted by molar-refractivity contribution is 4.77. The second-order valence-electron chi connectivity index (χ2n) is 7.16. The van der Waals surface area contributed by atoms with Crippen LogP contribution in [0.1, 0.15) is 59.3 Å². The zero-order valence-corrected chi connectivity index (χ0v) is 15.0. The third kappa shape index (κ3) is 8.80. The maximum Gasteiger partial charge on any atom is 0.0117 e. The van der Waals surface area contributed by atoms with Crippen LogP contribution in [-0.2, 0) is 0 Å². The van der Waals surface area contributed by atoms with Gasteiger partial charge in [-0.05, 0) is 77.9 Å². The molecule has 1 saturated heterocycles. The fourth-order valence-corrected chi connectivity index (χ4v) is 3.21. The first kappa shape index (κ1) is 18.9. The molecule has 1 fully saturated rings. The summed E-state index contributed by atoms with van der Waals surface area (Å²) in [6.07, 6.45) is 8.21. The monoisotopic (exact) mass is 297 g/mol. The molecule has 0 aliphatic carbocycles. The molecule has 0 bridgehead atoms. The second kappa shape index (κ2) is 11.4. The molecule has 0 aromatic heterocycles. The van der Waals surface area contributed by atoms with Crippen molar-refractivity contribution in [1.29, 1.82) is 0 Å². The number of piperidine rings is 1. The van der Waals surface area contributed by atoms with Gasteiger partial charge in [0.15, 0.2) is 0 Å². The predicted octanol–water partition coefficient (Wildman–Crippen LogP) is 3.21. The summed E-state index contributed by atoms with van der Waals surface area (Å²) in [5.74, 6) is 0.776. The molecule has 1 aliphatic heterocycles. The first-order chi connectivity index (χ1) is 10.1. The lowest BCUT2D eigenvalue weighted by Gasteiger charge is -2.36. The molecule has 0 radical (unpaired) electrons. The fraction of sp³-hybridized carbons (Fsp3) is 1.00. The van der Waals surface area contributed by atoms with Crippen molar-refractivity contribution >= 4 is 0 Å². The van der Waals surface area contributed by atoms with Crippen LogP contribution in [0.15, 0.2) is 0 Å². The van der Waals surface area contributed by atoms with Crippen LogP contribution >= 0.6 is 0 Å². The highest BCUT2D eigenvalue weighted by Crippen LogP contribution is 2.15. The molecular weight excluding hydrogens is 258 g/mol. The lowest BCUT2D eigenvalue weighted by atomic mass is 10.0. The van der Waals surface area contributed by atoms with Gasteiger partial charge >= 0.3 is 0 Å². The Morgan fingerprint density at radius 1 is 1.10 bits per heavy atom. The van der Waals surface area contributed by atoms with Crippen LogP contribution in [-0.4, -0.2) is 62.2 Å².